The average molecular weight is 292 g/mol. The van der Waals surface area contributed by atoms with Gasteiger partial charge in [-0.3, -0.25) is 4.79 Å². The smallest absolute Gasteiger partial charge is 0.263 e. The van der Waals surface area contributed by atoms with Crippen LogP contribution in [0.15, 0.2) is 18.2 Å². The molecule has 118 valence electrons. The monoisotopic (exact) mass is 292 g/mol. The van der Waals surface area contributed by atoms with Crippen LogP contribution in [0, 0.1) is 6.92 Å². The summed E-state index contributed by atoms with van der Waals surface area (Å²) in [5, 5.41) is 0. The number of likely N-dealkylation sites (N-methyl/N-ethyl adjacent to an activating group) is 1. The third kappa shape index (κ3) is 4.46. The zero-order valence-corrected chi connectivity index (χ0v) is 14.0. The molecule has 1 rings (SSSR count). The van der Waals surface area contributed by atoms with Crippen molar-refractivity contribution in [3.05, 3.63) is 29.3 Å². The first-order chi connectivity index (χ1) is 9.77. The molecule has 0 bridgehead atoms. The Morgan fingerprint density at radius 1 is 1.29 bits per heavy atom. The molecule has 2 unspecified atom stereocenters. The van der Waals surface area contributed by atoms with Crippen LogP contribution in [0.5, 0.6) is 5.75 Å². The van der Waals surface area contributed by atoms with Gasteiger partial charge in [-0.2, -0.15) is 0 Å². The van der Waals surface area contributed by atoms with Gasteiger partial charge in [0.2, 0.25) is 0 Å². The fourth-order valence-corrected chi connectivity index (χ4v) is 2.29. The molecule has 0 heterocycles. The molecule has 0 aliphatic heterocycles. The zero-order valence-electron chi connectivity index (χ0n) is 14.0. The minimum atomic E-state index is -0.520. The van der Waals surface area contributed by atoms with Gasteiger partial charge >= 0.3 is 0 Å². The molecule has 0 spiro atoms. The number of carbonyl (C=O) groups is 1. The van der Waals surface area contributed by atoms with E-state index in [1.54, 1.807) is 18.9 Å². The van der Waals surface area contributed by atoms with Crippen LogP contribution in [0.2, 0.25) is 0 Å². The van der Waals surface area contributed by atoms with Crippen molar-refractivity contribution in [2.75, 3.05) is 13.6 Å². The first kappa shape index (κ1) is 17.5. The van der Waals surface area contributed by atoms with Gasteiger partial charge in [-0.1, -0.05) is 19.9 Å². The number of carbonyl (C=O) groups excluding carboxylic acids is 1. The van der Waals surface area contributed by atoms with E-state index >= 15 is 0 Å². The Morgan fingerprint density at radius 3 is 2.38 bits per heavy atom. The van der Waals surface area contributed by atoms with Crippen LogP contribution in [0.1, 0.15) is 44.7 Å². The van der Waals surface area contributed by atoms with Gasteiger partial charge in [-0.05, 0) is 49.9 Å². The number of ether oxygens (including phenoxy) is 1. The number of hydrogen-bond acceptors (Lipinski definition) is 3. The second kappa shape index (κ2) is 7.46. The number of aryl methyl sites for hydroxylation is 1. The predicted octanol–water partition coefficient (Wildman–Crippen LogP) is 2.69. The van der Waals surface area contributed by atoms with E-state index in [4.69, 9.17) is 10.5 Å². The Hall–Kier alpha value is -1.55. The largest absolute Gasteiger partial charge is 0.481 e. The molecule has 2 N–H and O–H groups in total. The summed E-state index contributed by atoms with van der Waals surface area (Å²) < 4.78 is 5.78. The molecule has 1 aromatic carbocycles. The summed E-state index contributed by atoms with van der Waals surface area (Å²) in [5.74, 6) is 1.15. The van der Waals surface area contributed by atoms with Crippen molar-refractivity contribution >= 4 is 5.91 Å². The summed E-state index contributed by atoms with van der Waals surface area (Å²) in [5.41, 5.74) is 8.08. The van der Waals surface area contributed by atoms with E-state index in [9.17, 15) is 4.79 Å². The number of nitrogens with zero attached hydrogens (tertiary/aromatic N) is 1. The van der Waals surface area contributed by atoms with Crippen molar-refractivity contribution < 1.29 is 9.53 Å². The Labute approximate surface area is 128 Å². The van der Waals surface area contributed by atoms with Crippen LogP contribution in [0.4, 0.5) is 0 Å². The quantitative estimate of drug-likeness (QED) is 0.877. The second-order valence-corrected chi connectivity index (χ2v) is 5.97. The van der Waals surface area contributed by atoms with Crippen LogP contribution >= 0.6 is 0 Å². The van der Waals surface area contributed by atoms with E-state index in [2.05, 4.69) is 26.8 Å². The van der Waals surface area contributed by atoms with E-state index in [0.29, 0.717) is 12.5 Å². The number of benzene rings is 1. The van der Waals surface area contributed by atoms with Crippen LogP contribution in [0.25, 0.3) is 0 Å². The summed E-state index contributed by atoms with van der Waals surface area (Å²) in [6.07, 6.45) is -0.520. The lowest BCUT2D eigenvalue weighted by molar-refractivity contribution is -0.138. The van der Waals surface area contributed by atoms with Crippen LogP contribution in [0.3, 0.4) is 0 Å². The lowest BCUT2D eigenvalue weighted by Crippen LogP contribution is -2.45. The van der Waals surface area contributed by atoms with Crippen molar-refractivity contribution in [2.45, 2.75) is 52.7 Å². The zero-order chi connectivity index (χ0) is 16.2. The van der Waals surface area contributed by atoms with Crippen LogP contribution < -0.4 is 10.5 Å². The SMILES string of the molecule is Cc1cc(OC(C)C(=O)N(C)C(C)CN)ccc1C(C)C. The maximum atomic E-state index is 12.3. The van der Waals surface area contributed by atoms with Crippen molar-refractivity contribution in [3.63, 3.8) is 0 Å². The maximum absolute atomic E-state index is 12.3. The summed E-state index contributed by atoms with van der Waals surface area (Å²) in [7, 11) is 1.76. The molecular formula is C17H28N2O2. The molecule has 0 fully saturated rings. The van der Waals surface area contributed by atoms with E-state index in [1.807, 2.05) is 19.1 Å². The number of nitrogens with two attached hydrogens (primary N) is 1. The second-order valence-electron chi connectivity index (χ2n) is 5.97. The van der Waals surface area contributed by atoms with E-state index in [-0.39, 0.29) is 11.9 Å². The molecule has 4 nitrogen and oxygen atoms in total. The Bertz CT molecular complexity index is 486. The van der Waals surface area contributed by atoms with Gasteiger partial charge in [0.1, 0.15) is 5.75 Å². The summed E-state index contributed by atoms with van der Waals surface area (Å²) >= 11 is 0. The third-order valence-electron chi connectivity index (χ3n) is 3.87. The van der Waals surface area contributed by atoms with Crippen molar-refractivity contribution in [1.82, 2.24) is 4.90 Å². The Kier molecular flexibility index (Phi) is 6.21. The highest BCUT2D eigenvalue weighted by molar-refractivity contribution is 5.81. The Balaban J connectivity index is 2.77. The first-order valence-corrected chi connectivity index (χ1v) is 7.51. The number of hydrogen-bond donors (Lipinski definition) is 1. The number of amides is 1. The molecular weight excluding hydrogens is 264 g/mol. The molecule has 2 atom stereocenters. The fourth-order valence-electron chi connectivity index (χ4n) is 2.29. The summed E-state index contributed by atoms with van der Waals surface area (Å²) in [4.78, 5) is 13.9. The fraction of sp³-hybridized carbons (Fsp3) is 0.588. The maximum Gasteiger partial charge on any atom is 0.263 e. The minimum Gasteiger partial charge on any atom is -0.481 e. The highest BCUT2D eigenvalue weighted by atomic mass is 16.5. The lowest BCUT2D eigenvalue weighted by atomic mass is 9.98. The van der Waals surface area contributed by atoms with E-state index < -0.39 is 6.10 Å². The molecule has 0 saturated carbocycles. The van der Waals surface area contributed by atoms with Gasteiger partial charge in [0.15, 0.2) is 6.10 Å². The molecule has 0 radical (unpaired) electrons. The first-order valence-electron chi connectivity index (χ1n) is 7.51. The minimum absolute atomic E-state index is 0.00797. The van der Waals surface area contributed by atoms with E-state index in [0.717, 1.165) is 5.75 Å². The molecule has 0 aromatic heterocycles. The lowest BCUT2D eigenvalue weighted by Gasteiger charge is -2.27. The van der Waals surface area contributed by atoms with Gasteiger partial charge in [-0.15, -0.1) is 0 Å². The van der Waals surface area contributed by atoms with Gasteiger partial charge < -0.3 is 15.4 Å². The van der Waals surface area contributed by atoms with Crippen molar-refractivity contribution in [2.24, 2.45) is 5.73 Å². The number of rotatable bonds is 6. The predicted molar refractivity (Wildman–Crippen MR) is 86.6 cm³/mol. The third-order valence-corrected chi connectivity index (χ3v) is 3.87. The highest BCUT2D eigenvalue weighted by Crippen LogP contribution is 2.24. The molecule has 1 aromatic rings. The van der Waals surface area contributed by atoms with Crippen LogP contribution in [-0.4, -0.2) is 36.5 Å². The molecule has 0 saturated heterocycles. The molecule has 1 amide bonds. The van der Waals surface area contributed by atoms with E-state index in [1.165, 1.54) is 11.1 Å². The molecule has 4 heteroatoms. The van der Waals surface area contributed by atoms with Crippen LogP contribution in [-0.2, 0) is 4.79 Å². The Morgan fingerprint density at radius 2 is 1.90 bits per heavy atom. The molecule has 0 aliphatic carbocycles. The molecule has 21 heavy (non-hydrogen) atoms. The summed E-state index contributed by atoms with van der Waals surface area (Å²) in [6, 6.07) is 6.00. The van der Waals surface area contributed by atoms with Gasteiger partial charge in [0.25, 0.3) is 5.91 Å². The standard InChI is InChI=1S/C17H28N2O2/c1-11(2)16-8-7-15(9-12(16)3)21-14(5)17(20)19(6)13(4)10-18/h7-9,11,13-14H,10,18H2,1-6H3. The van der Waals surface area contributed by atoms with Crippen molar-refractivity contribution in [3.8, 4) is 5.75 Å². The van der Waals surface area contributed by atoms with Gasteiger partial charge in [0, 0.05) is 19.6 Å². The van der Waals surface area contributed by atoms with Gasteiger partial charge in [0.05, 0.1) is 0 Å². The topological polar surface area (TPSA) is 55.6 Å². The summed E-state index contributed by atoms with van der Waals surface area (Å²) in [6.45, 7) is 10.5. The normalized spacial score (nSPS) is 13.9. The molecule has 0 aliphatic rings. The van der Waals surface area contributed by atoms with Gasteiger partial charge in [-0.25, -0.2) is 0 Å². The van der Waals surface area contributed by atoms with Crippen molar-refractivity contribution in [1.29, 1.82) is 0 Å². The highest BCUT2D eigenvalue weighted by Gasteiger charge is 2.22. The average Bonchev–Trinajstić information content (AvgIpc) is 2.44.